The second-order valence-corrected chi connectivity index (χ2v) is 4.41. The highest BCUT2D eigenvalue weighted by Crippen LogP contribution is 2.29. The smallest absolute Gasteiger partial charge is 0.299 e. The predicted octanol–water partition coefficient (Wildman–Crippen LogP) is 3.45. The molecule has 1 aromatic carbocycles. The molecular formula is C15H12F3NO. The van der Waals surface area contributed by atoms with E-state index in [1.165, 1.54) is 12.1 Å². The third-order valence-corrected chi connectivity index (χ3v) is 2.76. The van der Waals surface area contributed by atoms with Gasteiger partial charge in [0.2, 0.25) is 0 Å². The Kier molecular flexibility index (Phi) is 4.17. The molecule has 0 bridgehead atoms. The summed E-state index contributed by atoms with van der Waals surface area (Å²) in [6.45, 7) is 0. The SMILES string of the molecule is O=C(Cc1cccc(C(F)(F)F)c1)Cc1ccccn1. The van der Waals surface area contributed by atoms with Gasteiger partial charge in [-0.25, -0.2) is 0 Å². The lowest BCUT2D eigenvalue weighted by Crippen LogP contribution is -2.10. The maximum atomic E-state index is 12.6. The van der Waals surface area contributed by atoms with Crippen LogP contribution in [0.25, 0.3) is 0 Å². The quantitative estimate of drug-likeness (QED) is 0.858. The van der Waals surface area contributed by atoms with Crippen molar-refractivity contribution in [2.24, 2.45) is 0 Å². The highest BCUT2D eigenvalue weighted by Gasteiger charge is 2.30. The number of alkyl halides is 3. The summed E-state index contributed by atoms with van der Waals surface area (Å²) in [5.74, 6) is -0.164. The Morgan fingerprint density at radius 1 is 1.05 bits per heavy atom. The Morgan fingerprint density at radius 2 is 1.85 bits per heavy atom. The van der Waals surface area contributed by atoms with Gasteiger partial charge >= 0.3 is 6.18 Å². The molecule has 0 saturated carbocycles. The fourth-order valence-corrected chi connectivity index (χ4v) is 1.85. The minimum absolute atomic E-state index is 0.0273. The van der Waals surface area contributed by atoms with E-state index in [0.29, 0.717) is 11.3 Å². The molecule has 0 fully saturated rings. The standard InChI is InChI=1S/C15H12F3NO/c16-15(17,18)12-5-3-4-11(8-12)9-14(20)10-13-6-1-2-7-19-13/h1-8H,9-10H2. The Bertz CT molecular complexity index is 594. The van der Waals surface area contributed by atoms with Crippen molar-refractivity contribution in [3.05, 3.63) is 65.5 Å². The van der Waals surface area contributed by atoms with E-state index in [1.807, 2.05) is 0 Å². The number of nitrogens with zero attached hydrogens (tertiary/aromatic N) is 1. The summed E-state index contributed by atoms with van der Waals surface area (Å²) in [5.41, 5.74) is 0.242. The summed E-state index contributed by atoms with van der Waals surface area (Å²) in [7, 11) is 0. The van der Waals surface area contributed by atoms with Crippen LogP contribution in [0.1, 0.15) is 16.8 Å². The van der Waals surface area contributed by atoms with Gasteiger partial charge in [0.15, 0.2) is 0 Å². The minimum Gasteiger partial charge on any atom is -0.299 e. The van der Waals surface area contributed by atoms with E-state index in [-0.39, 0.29) is 18.6 Å². The molecular weight excluding hydrogens is 267 g/mol. The molecule has 104 valence electrons. The molecule has 2 nitrogen and oxygen atoms in total. The summed E-state index contributed by atoms with van der Waals surface area (Å²) in [4.78, 5) is 15.8. The third kappa shape index (κ3) is 3.91. The largest absolute Gasteiger partial charge is 0.416 e. The summed E-state index contributed by atoms with van der Waals surface area (Å²) >= 11 is 0. The average molecular weight is 279 g/mol. The molecule has 0 aliphatic carbocycles. The van der Waals surface area contributed by atoms with Crippen molar-refractivity contribution < 1.29 is 18.0 Å². The molecule has 0 saturated heterocycles. The van der Waals surface area contributed by atoms with Crippen LogP contribution in [-0.4, -0.2) is 10.8 Å². The lowest BCUT2D eigenvalue weighted by molar-refractivity contribution is -0.137. The summed E-state index contributed by atoms with van der Waals surface area (Å²) in [6, 6.07) is 10.0. The Morgan fingerprint density at radius 3 is 2.50 bits per heavy atom. The first-order chi connectivity index (χ1) is 9.45. The number of carbonyl (C=O) groups excluding carboxylic acids is 1. The fourth-order valence-electron chi connectivity index (χ4n) is 1.85. The normalized spacial score (nSPS) is 11.3. The molecule has 20 heavy (non-hydrogen) atoms. The van der Waals surface area contributed by atoms with Crippen LogP contribution < -0.4 is 0 Å². The third-order valence-electron chi connectivity index (χ3n) is 2.76. The van der Waals surface area contributed by atoms with Gasteiger partial charge in [-0.15, -0.1) is 0 Å². The van der Waals surface area contributed by atoms with Gasteiger partial charge in [-0.1, -0.05) is 24.3 Å². The minimum atomic E-state index is -4.39. The van der Waals surface area contributed by atoms with E-state index >= 15 is 0 Å². The van der Waals surface area contributed by atoms with Crippen LogP contribution >= 0.6 is 0 Å². The van der Waals surface area contributed by atoms with E-state index in [2.05, 4.69) is 4.98 Å². The molecule has 0 spiro atoms. The molecule has 2 rings (SSSR count). The summed E-state index contributed by atoms with van der Waals surface area (Å²) in [6.07, 6.45) is -2.72. The van der Waals surface area contributed by atoms with Crippen LogP contribution in [-0.2, 0) is 23.8 Å². The second kappa shape index (κ2) is 5.86. The number of ketones is 1. The monoisotopic (exact) mass is 279 g/mol. The van der Waals surface area contributed by atoms with Crippen molar-refractivity contribution in [3.8, 4) is 0 Å². The van der Waals surface area contributed by atoms with Crippen molar-refractivity contribution in [2.45, 2.75) is 19.0 Å². The van der Waals surface area contributed by atoms with Gasteiger partial charge in [0.1, 0.15) is 5.78 Å². The molecule has 0 unspecified atom stereocenters. The summed E-state index contributed by atoms with van der Waals surface area (Å²) < 4.78 is 37.7. The molecule has 0 atom stereocenters. The number of rotatable bonds is 4. The first kappa shape index (κ1) is 14.2. The lowest BCUT2D eigenvalue weighted by Gasteiger charge is -2.08. The van der Waals surface area contributed by atoms with E-state index in [0.717, 1.165) is 12.1 Å². The first-order valence-electron chi connectivity index (χ1n) is 6.03. The van der Waals surface area contributed by atoms with Gasteiger partial charge in [0.05, 0.1) is 5.56 Å². The predicted molar refractivity (Wildman–Crippen MR) is 68.1 cm³/mol. The van der Waals surface area contributed by atoms with Crippen molar-refractivity contribution in [3.63, 3.8) is 0 Å². The fraction of sp³-hybridized carbons (Fsp3) is 0.200. The Balaban J connectivity index is 2.05. The zero-order chi connectivity index (χ0) is 14.6. The molecule has 0 radical (unpaired) electrons. The molecule has 5 heteroatoms. The van der Waals surface area contributed by atoms with Crippen LogP contribution in [0.4, 0.5) is 13.2 Å². The van der Waals surface area contributed by atoms with E-state index in [1.54, 1.807) is 24.4 Å². The van der Waals surface area contributed by atoms with Gasteiger partial charge in [0, 0.05) is 24.7 Å². The Labute approximate surface area is 114 Å². The van der Waals surface area contributed by atoms with Crippen LogP contribution in [0.3, 0.4) is 0 Å². The van der Waals surface area contributed by atoms with Gasteiger partial charge in [-0.05, 0) is 23.8 Å². The van der Waals surface area contributed by atoms with Gasteiger partial charge in [0.25, 0.3) is 0 Å². The van der Waals surface area contributed by atoms with Crippen molar-refractivity contribution in [1.82, 2.24) is 4.98 Å². The number of hydrogen-bond acceptors (Lipinski definition) is 2. The number of hydrogen-bond donors (Lipinski definition) is 0. The van der Waals surface area contributed by atoms with Crippen LogP contribution in [0.5, 0.6) is 0 Å². The zero-order valence-electron chi connectivity index (χ0n) is 10.5. The molecule has 0 amide bonds. The van der Waals surface area contributed by atoms with Crippen molar-refractivity contribution >= 4 is 5.78 Å². The highest BCUT2D eigenvalue weighted by molar-refractivity contribution is 5.82. The van der Waals surface area contributed by atoms with Crippen molar-refractivity contribution in [1.29, 1.82) is 0 Å². The number of benzene rings is 1. The van der Waals surface area contributed by atoms with E-state index < -0.39 is 11.7 Å². The van der Waals surface area contributed by atoms with Crippen LogP contribution in [0, 0.1) is 0 Å². The number of carbonyl (C=O) groups is 1. The van der Waals surface area contributed by atoms with E-state index in [9.17, 15) is 18.0 Å². The number of halogens is 3. The molecule has 0 aliphatic heterocycles. The highest BCUT2D eigenvalue weighted by atomic mass is 19.4. The molecule has 1 heterocycles. The Hall–Kier alpha value is -2.17. The molecule has 0 aliphatic rings. The topological polar surface area (TPSA) is 30.0 Å². The average Bonchev–Trinajstić information content (AvgIpc) is 2.39. The van der Waals surface area contributed by atoms with Gasteiger partial charge in [-0.3, -0.25) is 9.78 Å². The number of pyridine rings is 1. The van der Waals surface area contributed by atoms with E-state index in [4.69, 9.17) is 0 Å². The lowest BCUT2D eigenvalue weighted by atomic mass is 10.0. The molecule has 0 N–H and O–H groups in total. The second-order valence-electron chi connectivity index (χ2n) is 4.41. The maximum Gasteiger partial charge on any atom is 0.416 e. The van der Waals surface area contributed by atoms with Gasteiger partial charge in [-0.2, -0.15) is 13.2 Å². The number of Topliss-reactive ketones (excluding diaryl/α,β-unsaturated/α-hetero) is 1. The molecule has 1 aromatic heterocycles. The van der Waals surface area contributed by atoms with Gasteiger partial charge < -0.3 is 0 Å². The summed E-state index contributed by atoms with van der Waals surface area (Å²) in [5, 5.41) is 0. The van der Waals surface area contributed by atoms with Crippen LogP contribution in [0.15, 0.2) is 48.7 Å². The molecule has 2 aromatic rings. The van der Waals surface area contributed by atoms with Crippen molar-refractivity contribution in [2.75, 3.05) is 0 Å². The zero-order valence-corrected chi connectivity index (χ0v) is 10.5. The number of aromatic nitrogens is 1. The van der Waals surface area contributed by atoms with Crippen LogP contribution in [0.2, 0.25) is 0 Å². The first-order valence-corrected chi connectivity index (χ1v) is 6.03. The maximum absolute atomic E-state index is 12.6.